The summed E-state index contributed by atoms with van der Waals surface area (Å²) in [4.78, 5) is 17.8. The van der Waals surface area contributed by atoms with E-state index in [1.54, 1.807) is 0 Å². The molecule has 2 aromatic rings. The molecule has 0 bridgehead atoms. The molecule has 0 atom stereocenters. The van der Waals surface area contributed by atoms with Crippen LogP contribution >= 0.6 is 0 Å². The lowest BCUT2D eigenvalue weighted by Gasteiger charge is -2.30. The maximum Gasteiger partial charge on any atom is 0.254 e. The summed E-state index contributed by atoms with van der Waals surface area (Å²) in [6, 6.07) is 18.4. The zero-order valence-corrected chi connectivity index (χ0v) is 19.4. The SMILES string of the molecule is C/C(=C\c1ccccc1)CN(CCN1CCOCC1)C(=O)c1ccc(C(C)(C)C)cc1. The highest BCUT2D eigenvalue weighted by Crippen LogP contribution is 2.22. The Morgan fingerprint density at radius 2 is 1.68 bits per heavy atom. The maximum absolute atomic E-state index is 13.4. The first-order valence-corrected chi connectivity index (χ1v) is 11.2. The van der Waals surface area contributed by atoms with Gasteiger partial charge in [-0.05, 0) is 35.6 Å². The van der Waals surface area contributed by atoms with Crippen molar-refractivity contribution in [1.29, 1.82) is 0 Å². The largest absolute Gasteiger partial charge is 0.379 e. The minimum atomic E-state index is 0.0760. The average molecular weight is 421 g/mol. The third-order valence-electron chi connectivity index (χ3n) is 5.73. The summed E-state index contributed by atoms with van der Waals surface area (Å²) in [7, 11) is 0. The van der Waals surface area contributed by atoms with Gasteiger partial charge in [0, 0.05) is 38.3 Å². The summed E-state index contributed by atoms with van der Waals surface area (Å²) < 4.78 is 5.46. The monoisotopic (exact) mass is 420 g/mol. The van der Waals surface area contributed by atoms with Crippen molar-refractivity contribution < 1.29 is 9.53 Å². The van der Waals surface area contributed by atoms with E-state index in [-0.39, 0.29) is 11.3 Å². The molecule has 0 N–H and O–H groups in total. The molecule has 1 aliphatic heterocycles. The summed E-state index contributed by atoms with van der Waals surface area (Å²) in [5.41, 5.74) is 4.40. The van der Waals surface area contributed by atoms with Gasteiger partial charge in [0.2, 0.25) is 0 Å². The van der Waals surface area contributed by atoms with Crippen molar-refractivity contribution in [3.63, 3.8) is 0 Å². The fraction of sp³-hybridized carbons (Fsp3) is 0.444. The fourth-order valence-corrected chi connectivity index (χ4v) is 3.82. The van der Waals surface area contributed by atoms with Crippen LogP contribution < -0.4 is 0 Å². The first-order valence-electron chi connectivity index (χ1n) is 11.2. The smallest absolute Gasteiger partial charge is 0.254 e. The van der Waals surface area contributed by atoms with Crippen LogP contribution in [0.25, 0.3) is 6.08 Å². The van der Waals surface area contributed by atoms with Crippen molar-refractivity contribution >= 4 is 12.0 Å². The molecule has 1 fully saturated rings. The number of amides is 1. The van der Waals surface area contributed by atoms with Crippen molar-refractivity contribution in [3.05, 3.63) is 76.9 Å². The predicted octanol–water partition coefficient (Wildman–Crippen LogP) is 4.86. The minimum absolute atomic E-state index is 0.0760. The van der Waals surface area contributed by atoms with Crippen LogP contribution in [-0.2, 0) is 10.2 Å². The third-order valence-corrected chi connectivity index (χ3v) is 5.73. The Bertz CT molecular complexity index is 860. The summed E-state index contributed by atoms with van der Waals surface area (Å²) in [5.74, 6) is 0.0922. The number of carbonyl (C=O) groups excluding carboxylic acids is 1. The molecule has 31 heavy (non-hydrogen) atoms. The van der Waals surface area contributed by atoms with E-state index in [1.807, 2.05) is 35.2 Å². The van der Waals surface area contributed by atoms with Crippen molar-refractivity contribution in [2.45, 2.75) is 33.1 Å². The molecule has 0 saturated carbocycles. The molecule has 166 valence electrons. The number of hydrogen-bond donors (Lipinski definition) is 0. The Labute approximate surface area is 187 Å². The highest BCUT2D eigenvalue weighted by atomic mass is 16.5. The number of hydrogen-bond acceptors (Lipinski definition) is 3. The number of morpholine rings is 1. The van der Waals surface area contributed by atoms with E-state index in [1.165, 1.54) is 11.1 Å². The second-order valence-electron chi connectivity index (χ2n) is 9.41. The van der Waals surface area contributed by atoms with E-state index in [0.29, 0.717) is 13.1 Å². The first-order chi connectivity index (χ1) is 14.8. The Hall–Kier alpha value is -2.43. The number of nitrogens with zero attached hydrogens (tertiary/aromatic N) is 2. The zero-order chi connectivity index (χ0) is 22.3. The first kappa shape index (κ1) is 23.2. The molecule has 3 rings (SSSR count). The molecule has 1 heterocycles. The second kappa shape index (κ2) is 10.7. The van der Waals surface area contributed by atoms with Gasteiger partial charge < -0.3 is 9.64 Å². The van der Waals surface area contributed by atoms with Crippen molar-refractivity contribution in [2.75, 3.05) is 45.9 Å². The summed E-state index contributed by atoms with van der Waals surface area (Å²) in [5, 5.41) is 0. The Morgan fingerprint density at radius 1 is 1.03 bits per heavy atom. The van der Waals surface area contributed by atoms with Gasteiger partial charge in [-0.1, -0.05) is 74.9 Å². The maximum atomic E-state index is 13.4. The van der Waals surface area contributed by atoms with Gasteiger partial charge in [-0.2, -0.15) is 0 Å². The van der Waals surface area contributed by atoms with Crippen LogP contribution in [0.2, 0.25) is 0 Å². The van der Waals surface area contributed by atoms with E-state index in [0.717, 1.165) is 44.0 Å². The van der Waals surface area contributed by atoms with Crippen LogP contribution in [0.15, 0.2) is 60.2 Å². The lowest BCUT2D eigenvalue weighted by atomic mass is 9.86. The molecule has 1 saturated heterocycles. The van der Waals surface area contributed by atoms with Gasteiger partial charge >= 0.3 is 0 Å². The predicted molar refractivity (Wildman–Crippen MR) is 128 cm³/mol. The van der Waals surface area contributed by atoms with E-state index in [4.69, 9.17) is 4.74 Å². The lowest BCUT2D eigenvalue weighted by molar-refractivity contribution is 0.0330. The standard InChI is InChI=1S/C27H36N2O2/c1-22(20-23-8-6-5-7-9-23)21-29(15-14-28-16-18-31-19-17-28)26(30)24-10-12-25(13-11-24)27(2,3)4/h5-13,20H,14-19,21H2,1-4H3/b22-20+. The number of benzene rings is 2. The molecule has 1 aliphatic rings. The number of ether oxygens (including phenoxy) is 1. The average Bonchev–Trinajstić information content (AvgIpc) is 2.77. The van der Waals surface area contributed by atoms with E-state index >= 15 is 0 Å². The van der Waals surface area contributed by atoms with Gasteiger partial charge in [0.25, 0.3) is 5.91 Å². The highest BCUT2D eigenvalue weighted by molar-refractivity contribution is 5.94. The van der Waals surface area contributed by atoms with E-state index in [9.17, 15) is 4.79 Å². The molecule has 0 aliphatic carbocycles. The van der Waals surface area contributed by atoms with Crippen molar-refractivity contribution in [3.8, 4) is 0 Å². The van der Waals surface area contributed by atoms with Gasteiger partial charge in [-0.15, -0.1) is 0 Å². The Morgan fingerprint density at radius 3 is 2.29 bits per heavy atom. The lowest BCUT2D eigenvalue weighted by Crippen LogP contribution is -2.43. The Kier molecular flexibility index (Phi) is 8.05. The van der Waals surface area contributed by atoms with Crippen LogP contribution in [0, 0.1) is 0 Å². The summed E-state index contributed by atoms with van der Waals surface area (Å²) in [6.45, 7) is 14.3. The molecule has 1 amide bonds. The molecular weight excluding hydrogens is 384 g/mol. The molecule has 4 heteroatoms. The van der Waals surface area contributed by atoms with Crippen molar-refractivity contribution in [1.82, 2.24) is 9.80 Å². The zero-order valence-electron chi connectivity index (χ0n) is 19.4. The van der Waals surface area contributed by atoms with Crippen LogP contribution in [0.4, 0.5) is 0 Å². The van der Waals surface area contributed by atoms with Gasteiger partial charge in [-0.25, -0.2) is 0 Å². The number of rotatable bonds is 7. The van der Waals surface area contributed by atoms with Crippen LogP contribution in [0.1, 0.15) is 49.2 Å². The van der Waals surface area contributed by atoms with Crippen LogP contribution in [0.5, 0.6) is 0 Å². The number of carbonyl (C=O) groups is 1. The molecule has 4 nitrogen and oxygen atoms in total. The van der Waals surface area contributed by atoms with Gasteiger partial charge in [0.15, 0.2) is 0 Å². The van der Waals surface area contributed by atoms with E-state index < -0.39 is 0 Å². The molecule has 0 unspecified atom stereocenters. The van der Waals surface area contributed by atoms with Gasteiger partial charge in [0.05, 0.1) is 13.2 Å². The molecule has 0 radical (unpaired) electrons. The van der Waals surface area contributed by atoms with Gasteiger partial charge in [-0.3, -0.25) is 9.69 Å². The van der Waals surface area contributed by atoms with Crippen LogP contribution in [-0.4, -0.2) is 61.6 Å². The molecular formula is C27H36N2O2. The summed E-state index contributed by atoms with van der Waals surface area (Å²) in [6.07, 6.45) is 2.16. The Balaban J connectivity index is 1.75. The molecule has 0 spiro atoms. The van der Waals surface area contributed by atoms with Crippen molar-refractivity contribution in [2.24, 2.45) is 0 Å². The quantitative estimate of drug-likeness (QED) is 0.641. The highest BCUT2D eigenvalue weighted by Gasteiger charge is 2.20. The van der Waals surface area contributed by atoms with Gasteiger partial charge in [0.1, 0.15) is 0 Å². The fourth-order valence-electron chi connectivity index (χ4n) is 3.82. The topological polar surface area (TPSA) is 32.8 Å². The molecule has 2 aromatic carbocycles. The summed E-state index contributed by atoms with van der Waals surface area (Å²) >= 11 is 0. The third kappa shape index (κ3) is 7.05. The second-order valence-corrected chi connectivity index (χ2v) is 9.41. The normalized spacial score (nSPS) is 15.7. The molecule has 0 aromatic heterocycles. The van der Waals surface area contributed by atoms with Crippen LogP contribution in [0.3, 0.4) is 0 Å². The minimum Gasteiger partial charge on any atom is -0.379 e. The van der Waals surface area contributed by atoms with E-state index in [2.05, 4.69) is 62.9 Å².